The summed E-state index contributed by atoms with van der Waals surface area (Å²) >= 11 is 0. The molecule has 15 heteroatoms. The fraction of sp³-hybridized carbons (Fsp3) is 0.447. The van der Waals surface area contributed by atoms with E-state index >= 15 is 8.78 Å². The molecule has 324 valence electrons. The molecular weight excluding hydrogens is 791 g/mol. The van der Waals surface area contributed by atoms with Gasteiger partial charge in [-0.25, -0.2) is 18.3 Å². The van der Waals surface area contributed by atoms with Crippen molar-refractivity contribution in [2.75, 3.05) is 57.0 Å². The number of likely N-dealkylation sites (N-methyl/N-ethyl adjacent to an activating group) is 1. The van der Waals surface area contributed by atoms with Gasteiger partial charge in [0.05, 0.1) is 35.0 Å². The summed E-state index contributed by atoms with van der Waals surface area (Å²) in [6.45, 7) is 4.46. The van der Waals surface area contributed by atoms with Gasteiger partial charge < -0.3 is 26.1 Å². The fourth-order valence-electron chi connectivity index (χ4n) is 10.1. The number of pyridine rings is 1. The second-order valence-corrected chi connectivity index (χ2v) is 17.9. The number of benzene rings is 2. The molecular formula is C47H54F2N10O3. The molecule has 0 bridgehead atoms. The minimum atomic E-state index is -2.85. The molecule has 2 aromatic carbocycles. The number of carbonyl (C=O) groups is 3. The lowest BCUT2D eigenvalue weighted by Gasteiger charge is -2.57. The van der Waals surface area contributed by atoms with Crippen molar-refractivity contribution in [3.63, 3.8) is 0 Å². The summed E-state index contributed by atoms with van der Waals surface area (Å²) in [6.07, 6.45) is 10.8. The molecule has 5 aromatic rings. The lowest BCUT2D eigenvalue weighted by Crippen LogP contribution is -2.69. The Hall–Kier alpha value is -5.80. The van der Waals surface area contributed by atoms with Crippen LogP contribution >= 0.6 is 0 Å². The van der Waals surface area contributed by atoms with E-state index in [1.807, 2.05) is 60.5 Å². The number of fused-ring (bicyclic) bond motifs is 2. The van der Waals surface area contributed by atoms with Gasteiger partial charge in [0.25, 0.3) is 11.8 Å². The summed E-state index contributed by atoms with van der Waals surface area (Å²) in [5.74, 6) is -3.08. The number of amides is 2. The smallest absolute Gasteiger partial charge is 0.269 e. The van der Waals surface area contributed by atoms with E-state index in [2.05, 4.69) is 37.6 Å². The zero-order valence-corrected chi connectivity index (χ0v) is 35.6. The first kappa shape index (κ1) is 41.5. The number of aryl methyl sites for hydroxylation is 1. The Morgan fingerprint density at radius 1 is 0.919 bits per heavy atom. The second kappa shape index (κ2) is 16.2. The SMILES string of the molecule is C1CC1.CNC(=O)C1(c2cc(CN3CCC4(CN(Cc5ccc(-c6cccc7c6CCN7c6cc(NC)c7ncc(C(N)=O)n7n6)nc5)C4)C(F)(F)C3)ccc2C)CC(C=O)C1. The minimum Gasteiger partial charge on any atom is -0.385 e. The maximum atomic E-state index is 16.0. The summed E-state index contributed by atoms with van der Waals surface area (Å²) in [7, 11) is 3.40. The van der Waals surface area contributed by atoms with E-state index in [1.165, 1.54) is 30.0 Å². The number of primary amides is 1. The number of rotatable bonds is 11. The molecule has 2 amide bonds. The number of anilines is 3. The minimum absolute atomic E-state index is 0.110. The zero-order valence-electron chi connectivity index (χ0n) is 35.6. The van der Waals surface area contributed by atoms with Crippen LogP contribution in [0.4, 0.5) is 26.0 Å². The quantitative estimate of drug-likeness (QED) is 0.134. The van der Waals surface area contributed by atoms with Crippen molar-refractivity contribution >= 4 is 40.9 Å². The predicted molar refractivity (Wildman–Crippen MR) is 234 cm³/mol. The number of halogens is 2. The van der Waals surface area contributed by atoms with E-state index < -0.39 is 22.7 Å². The molecule has 0 unspecified atom stereocenters. The van der Waals surface area contributed by atoms with Gasteiger partial charge >= 0.3 is 0 Å². The second-order valence-electron chi connectivity index (χ2n) is 17.9. The molecule has 4 N–H and O–H groups in total. The Balaban J connectivity index is 0.00000157. The normalized spacial score (nSPS) is 22.2. The molecule has 6 heterocycles. The Morgan fingerprint density at radius 2 is 1.68 bits per heavy atom. The average Bonchev–Trinajstić information content (AvgIpc) is 3.96. The number of nitrogens with two attached hydrogens (primary N) is 1. The number of imidazole rings is 1. The van der Waals surface area contributed by atoms with Crippen molar-refractivity contribution in [2.45, 2.75) is 76.3 Å². The van der Waals surface area contributed by atoms with Gasteiger partial charge in [-0.2, -0.15) is 0 Å². The van der Waals surface area contributed by atoms with E-state index in [9.17, 15) is 14.4 Å². The molecule has 10 rings (SSSR count). The molecule has 2 aliphatic carbocycles. The number of piperidine rings is 1. The number of hydrogen-bond donors (Lipinski definition) is 3. The van der Waals surface area contributed by atoms with E-state index in [-0.39, 0.29) is 24.1 Å². The van der Waals surface area contributed by atoms with Crippen LogP contribution in [-0.2, 0) is 34.5 Å². The summed E-state index contributed by atoms with van der Waals surface area (Å²) in [4.78, 5) is 51.8. The lowest BCUT2D eigenvalue weighted by atomic mass is 9.57. The Kier molecular flexibility index (Phi) is 10.8. The van der Waals surface area contributed by atoms with Crippen LogP contribution in [0.2, 0.25) is 0 Å². The largest absolute Gasteiger partial charge is 0.385 e. The van der Waals surface area contributed by atoms with E-state index in [4.69, 9.17) is 15.8 Å². The van der Waals surface area contributed by atoms with Gasteiger partial charge in [0.2, 0.25) is 5.91 Å². The Bertz CT molecular complexity index is 2520. The number of likely N-dealkylation sites (tertiary alicyclic amines) is 2. The van der Waals surface area contributed by atoms with Crippen LogP contribution in [0.25, 0.3) is 16.9 Å². The number of nitrogens with zero attached hydrogens (tertiary/aromatic N) is 7. The molecule has 0 atom stereocenters. The number of aromatic nitrogens is 4. The highest BCUT2D eigenvalue weighted by molar-refractivity contribution is 5.93. The van der Waals surface area contributed by atoms with Crippen molar-refractivity contribution < 1.29 is 23.2 Å². The van der Waals surface area contributed by atoms with Crippen molar-refractivity contribution in [1.82, 2.24) is 34.7 Å². The first-order valence-corrected chi connectivity index (χ1v) is 21.7. The van der Waals surface area contributed by atoms with Crippen molar-refractivity contribution in [3.8, 4) is 11.3 Å². The van der Waals surface area contributed by atoms with E-state index in [0.29, 0.717) is 70.0 Å². The monoisotopic (exact) mass is 844 g/mol. The first-order valence-electron chi connectivity index (χ1n) is 21.7. The van der Waals surface area contributed by atoms with Crippen molar-refractivity contribution in [2.24, 2.45) is 17.1 Å². The van der Waals surface area contributed by atoms with Gasteiger partial charge in [0.1, 0.15) is 12.0 Å². The third-order valence-electron chi connectivity index (χ3n) is 13.6. The van der Waals surface area contributed by atoms with Gasteiger partial charge in [-0.15, -0.1) is 5.10 Å². The predicted octanol–water partition coefficient (Wildman–Crippen LogP) is 6.04. The zero-order chi connectivity index (χ0) is 43.4. The maximum absolute atomic E-state index is 16.0. The molecule has 0 radical (unpaired) electrons. The van der Waals surface area contributed by atoms with Gasteiger partial charge in [-0.05, 0) is 79.1 Å². The van der Waals surface area contributed by atoms with Crippen molar-refractivity contribution in [3.05, 3.63) is 101 Å². The summed E-state index contributed by atoms with van der Waals surface area (Å²) in [6, 6.07) is 18.0. The fourth-order valence-corrected chi connectivity index (χ4v) is 10.1. The third-order valence-corrected chi connectivity index (χ3v) is 13.6. The molecule has 62 heavy (non-hydrogen) atoms. The molecule has 13 nitrogen and oxygen atoms in total. The Morgan fingerprint density at radius 3 is 2.34 bits per heavy atom. The van der Waals surface area contributed by atoms with E-state index in [1.54, 1.807) is 14.1 Å². The van der Waals surface area contributed by atoms with Crippen LogP contribution in [0, 0.1) is 18.3 Å². The van der Waals surface area contributed by atoms with Gasteiger partial charge in [-0.1, -0.05) is 55.7 Å². The van der Waals surface area contributed by atoms with Gasteiger partial charge in [0.15, 0.2) is 11.5 Å². The topological polar surface area (TPSA) is 154 Å². The van der Waals surface area contributed by atoms with Crippen molar-refractivity contribution in [1.29, 1.82) is 0 Å². The highest BCUT2D eigenvalue weighted by Crippen LogP contribution is 2.52. The van der Waals surface area contributed by atoms with E-state index in [0.717, 1.165) is 63.2 Å². The molecule has 2 saturated carbocycles. The summed E-state index contributed by atoms with van der Waals surface area (Å²) in [5, 5.41) is 10.7. The molecule has 5 aliphatic rings. The van der Waals surface area contributed by atoms with Gasteiger partial charge in [-0.3, -0.25) is 24.4 Å². The maximum Gasteiger partial charge on any atom is 0.269 e. The van der Waals surface area contributed by atoms with Crippen LogP contribution < -0.4 is 21.3 Å². The molecule has 1 spiro atoms. The van der Waals surface area contributed by atoms with Crippen LogP contribution in [-0.4, -0.2) is 100 Å². The number of carbonyl (C=O) groups excluding carboxylic acids is 3. The highest BCUT2D eigenvalue weighted by atomic mass is 19.3. The number of nitrogens with one attached hydrogen (secondary N) is 2. The molecule has 3 aliphatic heterocycles. The van der Waals surface area contributed by atoms with Gasteiger partial charge in [0, 0.05) is 76.3 Å². The summed E-state index contributed by atoms with van der Waals surface area (Å²) < 4.78 is 33.5. The standard InChI is InChI=1S/C44H48F2N10O3.C3H6/c1-27-7-8-28(15-33(27)43(41(59)49-3)17-30(18-43)23-57)21-53-14-12-42(44(45,46)26-53)24-54(25-42)22-29-9-10-34(50-19-29)31-5-4-6-36-32(31)11-13-55(36)38-16-35(48-2)40-51-20-37(39(47)58)56(40)52-38;1-2-3-1/h4-10,15-16,19-20,23,30,48H,11-14,17-18,21-22,24-26H2,1-3H3,(H2,47,58)(H,49,59);1-3H2. The third kappa shape index (κ3) is 7.38. The average molecular weight is 845 g/mol. The molecule has 2 saturated heterocycles. The van der Waals surface area contributed by atoms with Crippen LogP contribution in [0.1, 0.15) is 76.8 Å². The number of hydrogen-bond acceptors (Lipinski definition) is 10. The Labute approximate surface area is 360 Å². The van der Waals surface area contributed by atoms with Crippen LogP contribution in [0.15, 0.2) is 67.0 Å². The number of alkyl halides is 2. The molecule has 3 aromatic heterocycles. The number of aldehydes is 1. The van der Waals surface area contributed by atoms with Crippen LogP contribution in [0.3, 0.4) is 0 Å². The summed E-state index contributed by atoms with van der Waals surface area (Å²) in [5.41, 5.74) is 12.9. The highest BCUT2D eigenvalue weighted by Gasteiger charge is 2.62. The van der Waals surface area contributed by atoms with Crippen LogP contribution in [0.5, 0.6) is 0 Å². The lowest BCUT2D eigenvalue weighted by molar-refractivity contribution is -0.227. The molecule has 4 fully saturated rings. The first-order chi connectivity index (χ1) is 29.9.